The number of aliphatic hydroxyl groups is 1. The van der Waals surface area contributed by atoms with E-state index in [1.54, 1.807) is 0 Å². The van der Waals surface area contributed by atoms with Crippen LogP contribution in [0.25, 0.3) is 0 Å². The molecule has 0 aliphatic heterocycles. The molecule has 0 saturated heterocycles. The molecule has 0 unspecified atom stereocenters. The average Bonchev–Trinajstić information content (AvgIpc) is 2.49. The summed E-state index contributed by atoms with van der Waals surface area (Å²) in [4.78, 5) is 12.0. The molecule has 6 atom stereocenters. The molecule has 3 aliphatic carbocycles. The van der Waals surface area contributed by atoms with Gasteiger partial charge in [-0.25, -0.2) is 0 Å². The molecule has 0 aromatic carbocycles. The summed E-state index contributed by atoms with van der Waals surface area (Å²) in [6.07, 6.45) is 9.12. The van der Waals surface area contributed by atoms with Crippen LogP contribution in [-0.4, -0.2) is 22.3 Å². The van der Waals surface area contributed by atoms with Gasteiger partial charge in [-0.2, -0.15) is 0 Å². The van der Waals surface area contributed by atoms with Crippen LogP contribution in [0.2, 0.25) is 0 Å². The third kappa shape index (κ3) is 2.23. The zero-order chi connectivity index (χ0) is 17.0. The molecule has 0 heterocycles. The third-order valence-corrected chi connectivity index (χ3v) is 7.54. The number of carboxylic acid groups (broad SMARTS) is 1. The number of hydrogen-bond donors (Lipinski definition) is 2. The van der Waals surface area contributed by atoms with Crippen LogP contribution < -0.4 is 0 Å². The molecule has 0 aromatic rings. The zero-order valence-corrected chi connectivity index (χ0v) is 14.6. The molecule has 3 heteroatoms. The Bertz CT molecular complexity index is 565. The summed E-state index contributed by atoms with van der Waals surface area (Å²) in [6.45, 7) is 10.2. The van der Waals surface area contributed by atoms with Crippen molar-refractivity contribution in [3.8, 4) is 0 Å². The molecule has 3 aliphatic rings. The molecule has 23 heavy (non-hydrogen) atoms. The van der Waals surface area contributed by atoms with E-state index in [-0.39, 0.29) is 16.7 Å². The van der Waals surface area contributed by atoms with Gasteiger partial charge in [0.05, 0.1) is 11.5 Å². The smallest absolute Gasteiger partial charge is 0.309 e. The summed E-state index contributed by atoms with van der Waals surface area (Å²) in [5.41, 5.74) is 0.438. The lowest BCUT2D eigenvalue weighted by Gasteiger charge is -2.59. The zero-order valence-electron chi connectivity index (χ0n) is 14.6. The van der Waals surface area contributed by atoms with Crippen LogP contribution in [0.15, 0.2) is 24.3 Å². The molecule has 3 rings (SSSR count). The van der Waals surface area contributed by atoms with Crippen molar-refractivity contribution < 1.29 is 15.0 Å². The lowest BCUT2D eigenvalue weighted by Crippen LogP contribution is -2.55. The maximum absolute atomic E-state index is 12.0. The van der Waals surface area contributed by atoms with Crippen LogP contribution in [0, 0.1) is 28.1 Å². The number of fused-ring (bicyclic) bond motifs is 3. The summed E-state index contributed by atoms with van der Waals surface area (Å²) in [5, 5.41) is 20.5. The van der Waals surface area contributed by atoms with Gasteiger partial charge in [0.2, 0.25) is 0 Å². The molecule has 0 amide bonds. The number of carboxylic acids is 1. The highest BCUT2D eigenvalue weighted by molar-refractivity contribution is 5.75. The monoisotopic (exact) mass is 318 g/mol. The Morgan fingerprint density at radius 2 is 2.04 bits per heavy atom. The average molecular weight is 318 g/mol. The first-order valence-corrected chi connectivity index (χ1v) is 8.94. The van der Waals surface area contributed by atoms with Crippen molar-refractivity contribution in [3.63, 3.8) is 0 Å². The van der Waals surface area contributed by atoms with E-state index in [1.165, 1.54) is 5.57 Å². The molecule has 128 valence electrons. The van der Waals surface area contributed by atoms with Gasteiger partial charge in [0.1, 0.15) is 0 Å². The summed E-state index contributed by atoms with van der Waals surface area (Å²) in [7, 11) is 0. The third-order valence-electron chi connectivity index (χ3n) is 7.54. The van der Waals surface area contributed by atoms with Crippen molar-refractivity contribution >= 4 is 5.97 Å². The molecule has 0 aromatic heterocycles. The molecule has 0 bridgehead atoms. The number of aliphatic hydroxyl groups excluding tert-OH is 1. The van der Waals surface area contributed by atoms with Gasteiger partial charge in [0.25, 0.3) is 0 Å². The minimum absolute atomic E-state index is 0.0149. The lowest BCUT2D eigenvalue weighted by atomic mass is 9.45. The van der Waals surface area contributed by atoms with Crippen molar-refractivity contribution in [3.05, 3.63) is 24.3 Å². The van der Waals surface area contributed by atoms with Crippen molar-refractivity contribution in [2.75, 3.05) is 0 Å². The van der Waals surface area contributed by atoms with Crippen LogP contribution in [0.3, 0.4) is 0 Å². The van der Waals surface area contributed by atoms with Gasteiger partial charge in [-0.05, 0) is 56.3 Å². The van der Waals surface area contributed by atoms with Crippen LogP contribution in [0.1, 0.15) is 59.3 Å². The highest BCUT2D eigenvalue weighted by Crippen LogP contribution is 2.63. The van der Waals surface area contributed by atoms with Crippen molar-refractivity contribution in [1.82, 2.24) is 0 Å². The first-order valence-electron chi connectivity index (χ1n) is 8.94. The topological polar surface area (TPSA) is 57.5 Å². The fraction of sp³-hybridized carbons (Fsp3) is 0.750. The largest absolute Gasteiger partial charge is 0.481 e. The summed E-state index contributed by atoms with van der Waals surface area (Å²) >= 11 is 0. The molecular formula is C20H30O3. The Labute approximate surface area is 139 Å². The van der Waals surface area contributed by atoms with Gasteiger partial charge in [-0.15, -0.1) is 6.58 Å². The van der Waals surface area contributed by atoms with E-state index in [2.05, 4.69) is 19.6 Å². The van der Waals surface area contributed by atoms with E-state index in [4.69, 9.17) is 0 Å². The van der Waals surface area contributed by atoms with E-state index in [9.17, 15) is 15.0 Å². The second-order valence-electron chi connectivity index (χ2n) is 8.77. The van der Waals surface area contributed by atoms with Gasteiger partial charge in [-0.3, -0.25) is 4.79 Å². The Morgan fingerprint density at radius 1 is 1.35 bits per heavy atom. The van der Waals surface area contributed by atoms with E-state index in [0.29, 0.717) is 5.92 Å². The molecule has 2 saturated carbocycles. The fourth-order valence-corrected chi connectivity index (χ4v) is 5.90. The number of allylic oxidation sites excluding steroid dienone is 1. The molecule has 2 N–H and O–H groups in total. The molecular weight excluding hydrogens is 288 g/mol. The fourth-order valence-electron chi connectivity index (χ4n) is 5.90. The first kappa shape index (κ1) is 16.8. The second kappa shape index (κ2) is 5.20. The predicted octanol–water partition coefficient (Wildman–Crippen LogP) is 4.18. The van der Waals surface area contributed by atoms with E-state index >= 15 is 0 Å². The van der Waals surface area contributed by atoms with Gasteiger partial charge in [0.15, 0.2) is 0 Å². The minimum Gasteiger partial charge on any atom is -0.481 e. The highest BCUT2D eigenvalue weighted by atomic mass is 16.4. The van der Waals surface area contributed by atoms with Crippen molar-refractivity contribution in [2.24, 2.45) is 28.1 Å². The number of aliphatic carboxylic acids is 1. The van der Waals surface area contributed by atoms with E-state index in [1.807, 2.05) is 19.9 Å². The molecule has 3 nitrogen and oxygen atoms in total. The first-order chi connectivity index (χ1) is 10.7. The van der Waals surface area contributed by atoms with Crippen LogP contribution in [0.4, 0.5) is 0 Å². The number of rotatable bonds is 2. The molecule has 0 radical (unpaired) electrons. The van der Waals surface area contributed by atoms with Crippen molar-refractivity contribution in [1.29, 1.82) is 0 Å². The van der Waals surface area contributed by atoms with Gasteiger partial charge < -0.3 is 10.2 Å². The summed E-state index contributed by atoms with van der Waals surface area (Å²) in [6, 6.07) is 0. The summed E-state index contributed by atoms with van der Waals surface area (Å²) in [5.74, 6) is -0.139. The van der Waals surface area contributed by atoms with Crippen LogP contribution in [-0.2, 0) is 4.79 Å². The number of hydrogen-bond acceptors (Lipinski definition) is 2. The Hall–Kier alpha value is -1.09. The quantitative estimate of drug-likeness (QED) is 0.751. The second-order valence-corrected chi connectivity index (χ2v) is 8.77. The SMILES string of the molecule is C=C[C@]1(C)C=C2CC[C@@H]3[C@](C)(CCC[C@@]3(C)C(=O)O)[C@H]2C[C@@H]1O. The highest BCUT2D eigenvalue weighted by Gasteiger charge is 2.59. The van der Waals surface area contributed by atoms with E-state index in [0.717, 1.165) is 38.5 Å². The Kier molecular flexibility index (Phi) is 3.79. The maximum Gasteiger partial charge on any atom is 0.309 e. The summed E-state index contributed by atoms with van der Waals surface area (Å²) < 4.78 is 0. The Balaban J connectivity index is 2.02. The van der Waals surface area contributed by atoms with Gasteiger partial charge in [-0.1, -0.05) is 38.0 Å². The minimum atomic E-state index is -0.645. The predicted molar refractivity (Wildman–Crippen MR) is 90.9 cm³/mol. The van der Waals surface area contributed by atoms with Crippen molar-refractivity contribution in [2.45, 2.75) is 65.4 Å². The van der Waals surface area contributed by atoms with Crippen LogP contribution >= 0.6 is 0 Å². The molecule has 2 fully saturated rings. The lowest BCUT2D eigenvalue weighted by molar-refractivity contribution is -0.165. The van der Waals surface area contributed by atoms with Crippen LogP contribution in [0.5, 0.6) is 0 Å². The normalized spacial score (nSPS) is 49.6. The van der Waals surface area contributed by atoms with Gasteiger partial charge in [0, 0.05) is 5.41 Å². The standard InChI is InChI=1S/C20H30O3/c1-5-18(2)12-13-7-8-15-19(3,14(13)11-16(18)21)9-6-10-20(15,4)17(22)23/h5,12,14-16,21H,1,6-11H2,2-4H3,(H,22,23)/t14-,15+,16-,18+,19+,20+/m0/s1. The Morgan fingerprint density at radius 3 is 2.65 bits per heavy atom. The van der Waals surface area contributed by atoms with Gasteiger partial charge >= 0.3 is 5.97 Å². The van der Waals surface area contributed by atoms with E-state index < -0.39 is 17.5 Å². The molecule has 0 spiro atoms. The number of carbonyl (C=O) groups is 1. The maximum atomic E-state index is 12.0.